The highest BCUT2D eigenvalue weighted by Gasteiger charge is 2.89. The van der Waals surface area contributed by atoms with E-state index in [4.69, 9.17) is 18.6 Å². The van der Waals surface area contributed by atoms with Crippen LogP contribution in [0.4, 0.5) is 4.79 Å². The van der Waals surface area contributed by atoms with Gasteiger partial charge < -0.3 is 18.6 Å². The van der Waals surface area contributed by atoms with E-state index in [1.165, 1.54) is 14.2 Å². The summed E-state index contributed by atoms with van der Waals surface area (Å²) < 4.78 is 25.5. The second-order valence-corrected chi connectivity index (χ2v) is 20.6. The van der Waals surface area contributed by atoms with E-state index in [9.17, 15) is 14.4 Å². The maximum atomic E-state index is 14.3. The first kappa shape index (κ1) is 33.2. The second-order valence-electron chi connectivity index (χ2n) is 15.8. The van der Waals surface area contributed by atoms with Crippen LogP contribution >= 0.6 is 0 Å². The molecule has 9 heteroatoms. The van der Waals surface area contributed by atoms with Gasteiger partial charge in [0.05, 0.1) is 20.8 Å². The average molecular weight is 658 g/mol. The number of carbonyl (C=O) groups is 3. The van der Waals surface area contributed by atoms with Crippen LogP contribution in [0.3, 0.4) is 0 Å². The molecule has 0 N–H and O–H groups in total. The Labute approximate surface area is 278 Å². The van der Waals surface area contributed by atoms with Crippen molar-refractivity contribution in [1.82, 2.24) is 4.57 Å². The highest BCUT2D eigenvalue weighted by Crippen LogP contribution is 2.86. The fourth-order valence-corrected chi connectivity index (χ4v) is 9.14. The number of ether oxygens (including phenoxy) is 3. The Hall–Kier alpha value is -3.69. The van der Waals surface area contributed by atoms with E-state index in [-0.39, 0.29) is 41.3 Å². The summed E-state index contributed by atoms with van der Waals surface area (Å²) in [5.41, 5.74) is 1.06. The van der Waals surface area contributed by atoms with Crippen LogP contribution in [-0.4, -0.2) is 50.7 Å². The topological polar surface area (TPSA) is 93.1 Å². The van der Waals surface area contributed by atoms with E-state index in [1.807, 2.05) is 87.6 Å². The third-order valence-electron chi connectivity index (χ3n) is 11.2. The zero-order valence-electron chi connectivity index (χ0n) is 29.2. The molecule has 0 aliphatic heterocycles. The lowest BCUT2D eigenvalue weighted by molar-refractivity contribution is -0.146. The van der Waals surface area contributed by atoms with Gasteiger partial charge in [-0.2, -0.15) is 0 Å². The van der Waals surface area contributed by atoms with Crippen molar-refractivity contribution < 1.29 is 33.0 Å². The summed E-state index contributed by atoms with van der Waals surface area (Å²) in [5, 5.41) is -0.0440. The number of benzene rings is 2. The van der Waals surface area contributed by atoms with Gasteiger partial charge in [-0.25, -0.2) is 4.79 Å². The van der Waals surface area contributed by atoms with Crippen molar-refractivity contribution in [3.63, 3.8) is 0 Å². The molecule has 3 aliphatic rings. The van der Waals surface area contributed by atoms with E-state index < -0.39 is 36.8 Å². The standard InChI is InChI=1S/C38H47NO7Si/c1-35(2,3)46-34(42)39-21-23(22-45-47(9,10)36(4,5)6)26-27-28(37(27,32(40)43-7)24-17-13-11-14-18-24)29-30(31(26)39)38(29,33(41)44-8)25-19-15-12-16-20-25/h11-21,27-30H,22H2,1-10H3/t27-,28-,29+,30+,37+,38-/m1/s1. The molecule has 250 valence electrons. The summed E-state index contributed by atoms with van der Waals surface area (Å²) in [7, 11) is 0.591. The third-order valence-corrected chi connectivity index (χ3v) is 15.7. The first-order valence-corrected chi connectivity index (χ1v) is 19.3. The summed E-state index contributed by atoms with van der Waals surface area (Å²) >= 11 is 0. The second kappa shape index (κ2) is 10.9. The number of fused-ring (bicyclic) bond motifs is 6. The molecule has 2 aromatic carbocycles. The van der Waals surface area contributed by atoms with Crippen molar-refractivity contribution in [2.24, 2.45) is 11.8 Å². The van der Waals surface area contributed by atoms with Gasteiger partial charge in [0.25, 0.3) is 0 Å². The van der Waals surface area contributed by atoms with Crippen molar-refractivity contribution in [3.8, 4) is 0 Å². The molecule has 3 aromatic rings. The predicted octanol–water partition coefficient (Wildman–Crippen LogP) is 7.46. The van der Waals surface area contributed by atoms with E-state index in [0.717, 1.165) is 22.3 Å². The van der Waals surface area contributed by atoms with Crippen molar-refractivity contribution in [3.05, 3.63) is 94.8 Å². The molecule has 3 aliphatic carbocycles. The molecule has 0 unspecified atom stereocenters. The van der Waals surface area contributed by atoms with Gasteiger partial charge in [0.1, 0.15) is 16.4 Å². The number of hydrogen-bond acceptors (Lipinski definition) is 7. The number of carbonyl (C=O) groups excluding carboxylic acids is 3. The minimum absolute atomic E-state index is 0.0440. The summed E-state index contributed by atoms with van der Waals surface area (Å²) in [6.07, 6.45) is 1.29. The smallest absolute Gasteiger partial charge is 0.418 e. The van der Waals surface area contributed by atoms with Gasteiger partial charge in [0.2, 0.25) is 0 Å². The summed E-state index contributed by atoms with van der Waals surface area (Å²) in [6, 6.07) is 19.3. The minimum Gasteiger partial charge on any atom is -0.468 e. The van der Waals surface area contributed by atoms with Crippen molar-refractivity contribution >= 4 is 26.3 Å². The Bertz CT molecular complexity index is 1720. The molecular formula is C38H47NO7Si. The number of esters is 2. The SMILES string of the molecule is COC(=O)[C@]1(c2ccccc2)[C@H]2[C@H]3[C@@H](c4c(c(CO[Si](C)(C)C(C)(C)C)cn4C(=O)OC(C)(C)C)[C@H]21)[C@@]3(C(=O)OC)c1ccccc1. The molecule has 8 nitrogen and oxygen atoms in total. The normalized spacial score (nSPS) is 27.5. The number of methoxy groups -OCH3 is 2. The van der Waals surface area contributed by atoms with E-state index >= 15 is 0 Å². The molecule has 47 heavy (non-hydrogen) atoms. The molecule has 0 spiro atoms. The lowest BCUT2D eigenvalue weighted by atomic mass is 9.85. The third kappa shape index (κ3) is 4.75. The number of aromatic nitrogens is 1. The number of rotatable bonds is 7. The lowest BCUT2D eigenvalue weighted by Crippen LogP contribution is -2.40. The maximum absolute atomic E-state index is 14.3. The molecule has 6 atom stereocenters. The monoisotopic (exact) mass is 657 g/mol. The Balaban J connectivity index is 1.65. The van der Waals surface area contributed by atoms with Gasteiger partial charge in [-0.05, 0) is 73.0 Å². The van der Waals surface area contributed by atoms with Gasteiger partial charge in [-0.3, -0.25) is 14.2 Å². The molecule has 2 fully saturated rings. The molecule has 0 bridgehead atoms. The Kier molecular flexibility index (Phi) is 7.72. The van der Waals surface area contributed by atoms with E-state index in [2.05, 4.69) is 33.9 Å². The predicted molar refractivity (Wildman–Crippen MR) is 181 cm³/mol. The lowest BCUT2D eigenvalue weighted by Gasteiger charge is -2.36. The van der Waals surface area contributed by atoms with Crippen LogP contribution < -0.4 is 0 Å². The van der Waals surface area contributed by atoms with Crippen LogP contribution in [0.1, 0.15) is 81.3 Å². The first-order valence-electron chi connectivity index (χ1n) is 16.4. The van der Waals surface area contributed by atoms with E-state index in [0.29, 0.717) is 5.69 Å². The Morgan fingerprint density at radius 1 is 0.766 bits per heavy atom. The molecule has 0 amide bonds. The number of hydrogen-bond donors (Lipinski definition) is 0. The molecule has 2 saturated carbocycles. The summed E-state index contributed by atoms with van der Waals surface area (Å²) in [6.45, 7) is 16.7. The van der Waals surface area contributed by atoms with Crippen LogP contribution in [0, 0.1) is 11.8 Å². The van der Waals surface area contributed by atoms with Crippen LogP contribution in [-0.2, 0) is 45.7 Å². The van der Waals surface area contributed by atoms with Crippen LogP contribution in [0.25, 0.3) is 0 Å². The van der Waals surface area contributed by atoms with Crippen LogP contribution in [0.2, 0.25) is 18.1 Å². The highest BCUT2D eigenvalue weighted by atomic mass is 28.4. The van der Waals surface area contributed by atoms with Gasteiger partial charge in [-0.1, -0.05) is 81.4 Å². The van der Waals surface area contributed by atoms with Crippen LogP contribution in [0.15, 0.2) is 66.9 Å². The average Bonchev–Trinajstić information content (AvgIpc) is 3.86. The quantitative estimate of drug-likeness (QED) is 0.148. The van der Waals surface area contributed by atoms with E-state index in [1.54, 1.807) is 4.57 Å². The molecule has 6 rings (SSSR count). The van der Waals surface area contributed by atoms with Crippen molar-refractivity contribution in [2.75, 3.05) is 14.2 Å². The maximum Gasteiger partial charge on any atom is 0.418 e. The van der Waals surface area contributed by atoms with Gasteiger partial charge in [0, 0.05) is 23.7 Å². The number of nitrogens with zero attached hydrogens (tertiary/aromatic N) is 1. The van der Waals surface area contributed by atoms with Gasteiger partial charge >= 0.3 is 18.0 Å². The molecule has 1 heterocycles. The van der Waals surface area contributed by atoms with Gasteiger partial charge in [-0.15, -0.1) is 0 Å². The van der Waals surface area contributed by atoms with Crippen molar-refractivity contribution in [1.29, 1.82) is 0 Å². The van der Waals surface area contributed by atoms with Crippen LogP contribution in [0.5, 0.6) is 0 Å². The zero-order valence-corrected chi connectivity index (χ0v) is 30.2. The van der Waals surface area contributed by atoms with Gasteiger partial charge in [0.15, 0.2) is 8.32 Å². The molecular weight excluding hydrogens is 611 g/mol. The summed E-state index contributed by atoms with van der Waals surface area (Å²) in [4.78, 5) is 42.6. The highest BCUT2D eigenvalue weighted by molar-refractivity contribution is 6.74. The zero-order chi connectivity index (χ0) is 34.3. The first-order chi connectivity index (χ1) is 22.0. The Morgan fingerprint density at radius 3 is 1.68 bits per heavy atom. The summed E-state index contributed by atoms with van der Waals surface area (Å²) in [5.74, 6) is -2.16. The minimum atomic E-state index is -2.23. The Morgan fingerprint density at radius 2 is 1.23 bits per heavy atom. The largest absolute Gasteiger partial charge is 0.468 e. The fraction of sp³-hybridized carbons (Fsp3) is 0.500. The molecule has 1 aromatic heterocycles. The molecule has 0 radical (unpaired) electrons. The fourth-order valence-electron chi connectivity index (χ4n) is 8.19. The molecule has 0 saturated heterocycles. The van der Waals surface area contributed by atoms with Crippen molar-refractivity contribution in [2.45, 2.75) is 94.5 Å².